The molecule has 1 aromatic carbocycles. The Morgan fingerprint density at radius 1 is 1.11 bits per heavy atom. The lowest BCUT2D eigenvalue weighted by molar-refractivity contribution is -0.201. The number of rotatable bonds is 4. The van der Waals surface area contributed by atoms with E-state index in [-0.39, 0.29) is 29.1 Å². The van der Waals surface area contributed by atoms with E-state index >= 15 is 0 Å². The summed E-state index contributed by atoms with van der Waals surface area (Å²) in [7, 11) is 0. The van der Waals surface area contributed by atoms with Crippen LogP contribution in [-0.4, -0.2) is 45.0 Å². The predicted octanol–water partition coefficient (Wildman–Crippen LogP) is 5.45. The number of carbonyl (C=O) groups excluding carboxylic acids is 1. The van der Waals surface area contributed by atoms with Gasteiger partial charge in [-0.1, -0.05) is 13.8 Å². The van der Waals surface area contributed by atoms with E-state index < -0.39 is 51.9 Å². The number of nitrogens with one attached hydrogen (secondary N) is 1. The Morgan fingerprint density at radius 3 is 2.32 bits per heavy atom. The number of hydrogen-bond acceptors (Lipinski definition) is 5. The quantitative estimate of drug-likeness (QED) is 0.444. The van der Waals surface area contributed by atoms with Crippen LogP contribution in [0.15, 0.2) is 35.3 Å². The molecule has 1 aliphatic rings. The van der Waals surface area contributed by atoms with E-state index in [2.05, 4.69) is 15.0 Å². The van der Waals surface area contributed by atoms with Gasteiger partial charge in [0.2, 0.25) is 12.0 Å². The predicted molar refractivity (Wildman–Crippen MR) is 125 cm³/mol. The van der Waals surface area contributed by atoms with E-state index in [1.165, 1.54) is 13.0 Å². The molecule has 3 atom stereocenters. The third-order valence-electron chi connectivity index (χ3n) is 6.26. The molecule has 13 heteroatoms. The van der Waals surface area contributed by atoms with E-state index in [9.17, 15) is 35.9 Å². The van der Waals surface area contributed by atoms with Crippen molar-refractivity contribution in [3.8, 4) is 5.88 Å². The Hall–Kier alpha value is -3.64. The molecule has 0 spiro atoms. The third-order valence-corrected chi connectivity index (χ3v) is 6.26. The minimum atomic E-state index is -5.31. The van der Waals surface area contributed by atoms with Gasteiger partial charge in [-0.15, -0.1) is 0 Å². The van der Waals surface area contributed by atoms with Crippen molar-refractivity contribution in [2.24, 2.45) is 11.8 Å². The molecule has 3 aromatic rings. The van der Waals surface area contributed by atoms with Crippen molar-refractivity contribution < 1.29 is 35.9 Å². The first-order chi connectivity index (χ1) is 17.6. The minimum Gasteiger partial charge on any atom is -0.460 e. The number of amides is 1. The van der Waals surface area contributed by atoms with Crippen molar-refractivity contribution in [3.63, 3.8) is 0 Å². The molecule has 4 rings (SSSR count). The number of aromatic amines is 1. The van der Waals surface area contributed by atoms with Crippen molar-refractivity contribution >= 4 is 16.8 Å². The fraction of sp³-hybridized carbons (Fsp3) is 0.440. The highest BCUT2D eigenvalue weighted by Gasteiger charge is 2.48. The van der Waals surface area contributed by atoms with Crippen LogP contribution in [0.4, 0.5) is 26.3 Å². The van der Waals surface area contributed by atoms with Gasteiger partial charge >= 0.3 is 12.4 Å². The van der Waals surface area contributed by atoms with Crippen LogP contribution in [0.2, 0.25) is 0 Å². The molecular weight excluding hydrogens is 518 g/mol. The molecule has 2 aromatic heterocycles. The van der Waals surface area contributed by atoms with E-state index in [0.29, 0.717) is 25.2 Å². The van der Waals surface area contributed by atoms with Crippen molar-refractivity contribution in [3.05, 3.63) is 63.3 Å². The summed E-state index contributed by atoms with van der Waals surface area (Å²) in [4.78, 5) is 36.6. The normalized spacial score (nSPS) is 19.4. The van der Waals surface area contributed by atoms with Gasteiger partial charge in [-0.2, -0.15) is 26.3 Å². The van der Waals surface area contributed by atoms with Crippen LogP contribution >= 0.6 is 0 Å². The largest absolute Gasteiger partial charge is 0.460 e. The fourth-order valence-electron chi connectivity index (χ4n) is 4.80. The number of H-pyrrole nitrogens is 1. The molecule has 38 heavy (non-hydrogen) atoms. The SMILES string of the molecule is Cc1nc2cc(C(F)(F)F)c(C(Oc3ccc(C(=O)N4CC(C)CC(C)C4)cn3)C(F)(F)F)cc2c(=O)[nH]1. The second-order valence-electron chi connectivity index (χ2n) is 9.69. The zero-order valence-corrected chi connectivity index (χ0v) is 20.6. The van der Waals surface area contributed by atoms with E-state index in [0.717, 1.165) is 18.7 Å². The van der Waals surface area contributed by atoms with E-state index in [1.807, 2.05) is 13.8 Å². The average molecular weight is 542 g/mol. The summed E-state index contributed by atoms with van der Waals surface area (Å²) in [5.41, 5.74) is -4.16. The number of piperidine rings is 1. The number of ether oxygens (including phenoxy) is 1. The number of fused-ring (bicyclic) bond motifs is 1. The number of alkyl halides is 6. The van der Waals surface area contributed by atoms with Crippen molar-refractivity contribution in [2.45, 2.75) is 45.6 Å². The molecule has 0 saturated carbocycles. The van der Waals surface area contributed by atoms with Crippen LogP contribution in [0.5, 0.6) is 5.88 Å². The van der Waals surface area contributed by atoms with Crippen LogP contribution in [0.25, 0.3) is 10.9 Å². The number of aromatic nitrogens is 3. The lowest BCUT2D eigenvalue weighted by Gasteiger charge is -2.35. The molecule has 0 bridgehead atoms. The van der Waals surface area contributed by atoms with Crippen LogP contribution in [0.1, 0.15) is 53.7 Å². The van der Waals surface area contributed by atoms with Crippen LogP contribution in [0.3, 0.4) is 0 Å². The molecule has 1 fully saturated rings. The minimum absolute atomic E-state index is 0.000647. The molecule has 0 aliphatic carbocycles. The molecule has 204 valence electrons. The van der Waals surface area contributed by atoms with Gasteiger partial charge in [-0.3, -0.25) is 9.59 Å². The van der Waals surface area contributed by atoms with Crippen molar-refractivity contribution in [1.82, 2.24) is 19.9 Å². The first kappa shape index (κ1) is 27.4. The maximum absolute atomic E-state index is 14.1. The topological polar surface area (TPSA) is 88.2 Å². The van der Waals surface area contributed by atoms with Gasteiger partial charge in [0.15, 0.2) is 0 Å². The second kappa shape index (κ2) is 9.91. The molecule has 7 nitrogen and oxygen atoms in total. The summed E-state index contributed by atoms with van der Waals surface area (Å²) >= 11 is 0. The van der Waals surface area contributed by atoms with Gasteiger partial charge in [-0.25, -0.2) is 9.97 Å². The Morgan fingerprint density at radius 2 is 1.76 bits per heavy atom. The number of aryl methyl sites for hydroxylation is 1. The highest BCUT2D eigenvalue weighted by atomic mass is 19.4. The number of benzene rings is 1. The Labute approximate surface area is 212 Å². The van der Waals surface area contributed by atoms with Gasteiger partial charge in [-0.05, 0) is 43.4 Å². The lowest BCUT2D eigenvalue weighted by Crippen LogP contribution is -2.42. The Balaban J connectivity index is 1.70. The van der Waals surface area contributed by atoms with Gasteiger partial charge in [0.25, 0.3) is 11.5 Å². The number of carbonyl (C=O) groups is 1. The summed E-state index contributed by atoms with van der Waals surface area (Å²) in [6, 6.07) is 3.09. The Kier molecular flexibility index (Phi) is 7.15. The third kappa shape index (κ3) is 5.76. The van der Waals surface area contributed by atoms with Crippen LogP contribution in [0, 0.1) is 18.8 Å². The number of halogens is 6. The number of likely N-dealkylation sites (tertiary alicyclic amines) is 1. The molecule has 0 radical (unpaired) electrons. The molecule has 1 aliphatic heterocycles. The first-order valence-corrected chi connectivity index (χ1v) is 11.7. The average Bonchev–Trinajstić information content (AvgIpc) is 2.80. The van der Waals surface area contributed by atoms with Gasteiger partial charge < -0.3 is 14.6 Å². The summed E-state index contributed by atoms with van der Waals surface area (Å²) in [6.07, 6.45) is -11.6. The summed E-state index contributed by atoms with van der Waals surface area (Å²) in [5, 5.41) is -0.463. The molecule has 1 saturated heterocycles. The van der Waals surface area contributed by atoms with Gasteiger partial charge in [0.1, 0.15) is 5.82 Å². The van der Waals surface area contributed by atoms with E-state index in [1.54, 1.807) is 4.90 Å². The van der Waals surface area contributed by atoms with Crippen LogP contribution < -0.4 is 10.3 Å². The van der Waals surface area contributed by atoms with E-state index in [4.69, 9.17) is 4.74 Å². The number of hydrogen-bond donors (Lipinski definition) is 1. The van der Waals surface area contributed by atoms with Crippen molar-refractivity contribution in [2.75, 3.05) is 13.1 Å². The van der Waals surface area contributed by atoms with Crippen LogP contribution in [-0.2, 0) is 6.18 Å². The monoisotopic (exact) mass is 542 g/mol. The van der Waals surface area contributed by atoms with Gasteiger partial charge in [0, 0.05) is 30.9 Å². The van der Waals surface area contributed by atoms with Gasteiger partial charge in [0.05, 0.1) is 22.0 Å². The Bertz CT molecular complexity index is 1390. The second-order valence-corrected chi connectivity index (χ2v) is 9.69. The maximum Gasteiger partial charge on any atom is 0.429 e. The molecule has 1 amide bonds. The van der Waals surface area contributed by atoms with Crippen molar-refractivity contribution in [1.29, 1.82) is 0 Å². The highest BCUT2D eigenvalue weighted by Crippen LogP contribution is 2.43. The molecule has 1 N–H and O–H groups in total. The zero-order chi connectivity index (χ0) is 28.0. The number of pyridine rings is 1. The fourth-order valence-corrected chi connectivity index (χ4v) is 4.80. The molecule has 3 heterocycles. The first-order valence-electron chi connectivity index (χ1n) is 11.7. The molecule has 3 unspecified atom stereocenters. The molecular formula is C25H24F6N4O3. The standard InChI is InChI=1S/C25H24F6N4O3/c1-12-6-13(2)11-35(10-12)23(37)15-4-5-20(32-9-15)38-21(25(29,30)31)16-7-17-19(8-18(16)24(26,27)28)33-14(3)34-22(17)36/h4-5,7-9,12-13,21H,6,10-11H2,1-3H3,(H,33,34,36). The number of nitrogens with zero attached hydrogens (tertiary/aromatic N) is 3. The lowest BCUT2D eigenvalue weighted by atomic mass is 9.91. The summed E-state index contributed by atoms with van der Waals surface area (Å²) < 4.78 is 88.7. The summed E-state index contributed by atoms with van der Waals surface area (Å²) in [6.45, 7) is 6.39. The zero-order valence-electron chi connectivity index (χ0n) is 20.6. The smallest absolute Gasteiger partial charge is 0.429 e. The summed E-state index contributed by atoms with van der Waals surface area (Å²) in [5.74, 6) is -0.442. The maximum atomic E-state index is 14.1. The highest BCUT2D eigenvalue weighted by molar-refractivity contribution is 5.94.